The van der Waals surface area contributed by atoms with Crippen LogP contribution >= 0.6 is 15.9 Å². The minimum Gasteiger partial charge on any atom is -0.321 e. The lowest BCUT2D eigenvalue weighted by molar-refractivity contribution is -0.117. The molecule has 4 nitrogen and oxygen atoms in total. The van der Waals surface area contributed by atoms with Gasteiger partial charge in [0.1, 0.15) is 0 Å². The third-order valence-corrected chi connectivity index (χ3v) is 3.76. The van der Waals surface area contributed by atoms with Crippen LogP contribution in [0.2, 0.25) is 0 Å². The van der Waals surface area contributed by atoms with Crippen molar-refractivity contribution in [3.8, 4) is 0 Å². The number of benzene rings is 2. The fraction of sp³-hybridized carbons (Fsp3) is 0.0667. The molecule has 0 saturated heterocycles. The summed E-state index contributed by atoms with van der Waals surface area (Å²) in [5, 5.41) is 2.81. The number of fused-ring (bicyclic) bond motifs is 1. The molecule has 1 atom stereocenters. The van der Waals surface area contributed by atoms with Crippen LogP contribution in [0, 0.1) is 0 Å². The van der Waals surface area contributed by atoms with E-state index >= 15 is 0 Å². The highest BCUT2D eigenvalue weighted by molar-refractivity contribution is 9.10. The maximum atomic E-state index is 11.9. The quantitative estimate of drug-likeness (QED) is 0.844. The number of benzodiazepines with no additional fused rings is 1. The van der Waals surface area contributed by atoms with Crippen LogP contribution in [0.4, 0.5) is 5.69 Å². The molecule has 2 aromatic carbocycles. The second kappa shape index (κ2) is 5.19. The Morgan fingerprint density at radius 3 is 2.60 bits per heavy atom. The van der Waals surface area contributed by atoms with E-state index in [4.69, 9.17) is 5.73 Å². The Labute approximate surface area is 124 Å². The lowest BCUT2D eigenvalue weighted by Crippen LogP contribution is -2.33. The summed E-state index contributed by atoms with van der Waals surface area (Å²) in [6, 6.07) is 15.4. The molecule has 0 spiro atoms. The van der Waals surface area contributed by atoms with Crippen molar-refractivity contribution in [3.63, 3.8) is 0 Å². The number of nitrogens with two attached hydrogens (primary N) is 1. The zero-order valence-electron chi connectivity index (χ0n) is 10.5. The molecule has 1 aliphatic rings. The van der Waals surface area contributed by atoms with E-state index in [2.05, 4.69) is 26.2 Å². The van der Waals surface area contributed by atoms with Crippen molar-refractivity contribution in [2.75, 3.05) is 5.32 Å². The van der Waals surface area contributed by atoms with E-state index in [1.54, 1.807) is 0 Å². The van der Waals surface area contributed by atoms with Crippen LogP contribution in [-0.2, 0) is 4.79 Å². The number of rotatable bonds is 1. The fourth-order valence-electron chi connectivity index (χ4n) is 2.14. The van der Waals surface area contributed by atoms with Crippen molar-refractivity contribution in [1.29, 1.82) is 0 Å². The molecular formula is C15H12BrN3O. The highest BCUT2D eigenvalue weighted by Crippen LogP contribution is 2.30. The number of anilines is 1. The van der Waals surface area contributed by atoms with Crippen LogP contribution in [0.25, 0.3) is 0 Å². The average molecular weight is 330 g/mol. The van der Waals surface area contributed by atoms with E-state index < -0.39 is 6.17 Å². The molecule has 0 aromatic heterocycles. The predicted molar refractivity (Wildman–Crippen MR) is 82.8 cm³/mol. The molecule has 100 valence electrons. The first kappa shape index (κ1) is 13.0. The summed E-state index contributed by atoms with van der Waals surface area (Å²) in [6.45, 7) is 0. The van der Waals surface area contributed by atoms with Gasteiger partial charge in [0.2, 0.25) is 0 Å². The second-order valence-electron chi connectivity index (χ2n) is 4.44. The normalized spacial score (nSPS) is 17.8. The topological polar surface area (TPSA) is 67.5 Å². The number of halogens is 1. The Bertz CT molecular complexity index is 698. The van der Waals surface area contributed by atoms with E-state index in [-0.39, 0.29) is 5.91 Å². The van der Waals surface area contributed by atoms with Crippen molar-refractivity contribution >= 4 is 33.2 Å². The zero-order chi connectivity index (χ0) is 14.1. The van der Waals surface area contributed by atoms with E-state index in [1.165, 1.54) is 0 Å². The van der Waals surface area contributed by atoms with Gasteiger partial charge in [0.15, 0.2) is 6.17 Å². The molecule has 0 aliphatic carbocycles. The lowest BCUT2D eigenvalue weighted by Gasteiger charge is -2.11. The molecule has 20 heavy (non-hydrogen) atoms. The molecule has 1 amide bonds. The van der Waals surface area contributed by atoms with Gasteiger partial charge in [0.25, 0.3) is 5.91 Å². The highest BCUT2D eigenvalue weighted by atomic mass is 79.9. The Hall–Kier alpha value is -1.98. The number of nitrogens with zero attached hydrogens (tertiary/aromatic N) is 1. The monoisotopic (exact) mass is 329 g/mol. The van der Waals surface area contributed by atoms with Gasteiger partial charge in [-0.2, -0.15) is 0 Å². The van der Waals surface area contributed by atoms with Gasteiger partial charge in [-0.05, 0) is 22.0 Å². The van der Waals surface area contributed by atoms with Gasteiger partial charge in [-0.25, -0.2) is 0 Å². The van der Waals surface area contributed by atoms with Crippen LogP contribution in [0.1, 0.15) is 11.1 Å². The maximum absolute atomic E-state index is 11.9. The largest absolute Gasteiger partial charge is 0.321 e. The first-order valence-corrected chi connectivity index (χ1v) is 6.94. The number of amides is 1. The molecule has 0 saturated carbocycles. The molecule has 0 bridgehead atoms. The number of carbonyl (C=O) groups excluding carboxylic acids is 1. The van der Waals surface area contributed by atoms with Gasteiger partial charge in [0.05, 0.1) is 11.4 Å². The molecular weight excluding hydrogens is 318 g/mol. The summed E-state index contributed by atoms with van der Waals surface area (Å²) in [6.07, 6.45) is -0.912. The Kier molecular flexibility index (Phi) is 3.38. The first-order chi connectivity index (χ1) is 9.66. The van der Waals surface area contributed by atoms with Crippen molar-refractivity contribution in [1.82, 2.24) is 0 Å². The lowest BCUT2D eigenvalue weighted by atomic mass is 10.0. The number of aliphatic imine (C=N–C) groups is 1. The highest BCUT2D eigenvalue weighted by Gasteiger charge is 2.24. The van der Waals surface area contributed by atoms with E-state index in [9.17, 15) is 4.79 Å². The first-order valence-electron chi connectivity index (χ1n) is 6.15. The minimum absolute atomic E-state index is 0.316. The van der Waals surface area contributed by atoms with Crippen molar-refractivity contribution in [2.45, 2.75) is 6.17 Å². The summed E-state index contributed by atoms with van der Waals surface area (Å²) < 4.78 is 0.807. The third-order valence-electron chi connectivity index (χ3n) is 3.10. The number of para-hydroxylation sites is 1. The Balaban J connectivity index is 2.25. The summed E-state index contributed by atoms with van der Waals surface area (Å²) in [5.41, 5.74) is 9.02. The third kappa shape index (κ3) is 2.26. The molecule has 1 heterocycles. The zero-order valence-corrected chi connectivity index (χ0v) is 12.1. The predicted octanol–water partition coefficient (Wildman–Crippen LogP) is 2.52. The molecule has 1 unspecified atom stereocenters. The van der Waals surface area contributed by atoms with Crippen molar-refractivity contribution in [3.05, 3.63) is 64.1 Å². The van der Waals surface area contributed by atoms with E-state index in [1.807, 2.05) is 48.5 Å². The van der Waals surface area contributed by atoms with Crippen LogP contribution < -0.4 is 11.1 Å². The van der Waals surface area contributed by atoms with E-state index in [0.717, 1.165) is 15.6 Å². The Morgan fingerprint density at radius 2 is 1.85 bits per heavy atom. The number of hydrogen-bond acceptors (Lipinski definition) is 3. The van der Waals surface area contributed by atoms with Gasteiger partial charge in [-0.15, -0.1) is 0 Å². The SMILES string of the molecule is NC1N=C(c2ccccc2)c2cccc(Br)c2NC1=O. The standard InChI is InChI=1S/C15H12BrN3O/c16-11-8-4-7-10-12(9-5-2-1-3-6-9)18-14(17)15(20)19-13(10)11/h1-8,14H,17H2,(H,19,20). The molecule has 0 radical (unpaired) electrons. The number of hydrogen-bond donors (Lipinski definition) is 2. The summed E-state index contributed by atoms with van der Waals surface area (Å²) in [7, 11) is 0. The summed E-state index contributed by atoms with van der Waals surface area (Å²) in [5.74, 6) is -0.316. The average Bonchev–Trinajstić information content (AvgIpc) is 2.59. The van der Waals surface area contributed by atoms with Crippen LogP contribution in [0.3, 0.4) is 0 Å². The summed E-state index contributed by atoms with van der Waals surface area (Å²) >= 11 is 3.45. The van der Waals surface area contributed by atoms with Gasteiger partial charge in [0, 0.05) is 15.6 Å². The van der Waals surface area contributed by atoms with Gasteiger partial charge < -0.3 is 11.1 Å². The number of carbonyl (C=O) groups is 1. The van der Waals surface area contributed by atoms with Gasteiger partial charge >= 0.3 is 0 Å². The molecule has 3 rings (SSSR count). The van der Waals surface area contributed by atoms with E-state index in [0.29, 0.717) is 11.4 Å². The van der Waals surface area contributed by atoms with Gasteiger partial charge in [-0.3, -0.25) is 9.79 Å². The fourth-order valence-corrected chi connectivity index (χ4v) is 2.60. The van der Waals surface area contributed by atoms with Crippen LogP contribution in [0.5, 0.6) is 0 Å². The smallest absolute Gasteiger partial charge is 0.263 e. The second-order valence-corrected chi connectivity index (χ2v) is 5.29. The van der Waals surface area contributed by atoms with Crippen LogP contribution in [0.15, 0.2) is 58.0 Å². The summed E-state index contributed by atoms with van der Waals surface area (Å²) in [4.78, 5) is 16.3. The molecule has 0 fully saturated rings. The maximum Gasteiger partial charge on any atom is 0.263 e. The minimum atomic E-state index is -0.912. The van der Waals surface area contributed by atoms with Crippen LogP contribution in [-0.4, -0.2) is 17.8 Å². The van der Waals surface area contributed by atoms with Crippen molar-refractivity contribution < 1.29 is 4.79 Å². The number of nitrogens with one attached hydrogen (secondary N) is 1. The molecule has 1 aliphatic heterocycles. The Morgan fingerprint density at radius 1 is 1.10 bits per heavy atom. The molecule has 5 heteroatoms. The van der Waals surface area contributed by atoms with Gasteiger partial charge in [-0.1, -0.05) is 42.5 Å². The molecule has 2 aromatic rings. The van der Waals surface area contributed by atoms with Crippen molar-refractivity contribution in [2.24, 2.45) is 10.7 Å². The molecule has 3 N–H and O–H groups in total.